The van der Waals surface area contributed by atoms with E-state index in [9.17, 15) is 0 Å². The second-order valence-electron chi connectivity index (χ2n) is 4.10. The normalized spacial score (nSPS) is 14.9. The highest BCUT2D eigenvalue weighted by molar-refractivity contribution is 5.11. The highest BCUT2D eigenvalue weighted by Crippen LogP contribution is 2.14. The summed E-state index contributed by atoms with van der Waals surface area (Å²) in [5.74, 6) is 6.19. The Balaban J connectivity index is 2.53. The van der Waals surface area contributed by atoms with E-state index in [0.29, 0.717) is 12.0 Å². The molecule has 0 saturated heterocycles. The largest absolute Gasteiger partial charge is 0.271 e. The first-order valence-corrected chi connectivity index (χ1v) is 5.63. The van der Waals surface area contributed by atoms with Crippen LogP contribution in [0.4, 0.5) is 0 Å². The molecule has 0 fully saturated rings. The number of nitrogens with two attached hydrogens (primary N) is 1. The van der Waals surface area contributed by atoms with E-state index in [-0.39, 0.29) is 0 Å². The molecule has 3 nitrogen and oxygen atoms in total. The summed E-state index contributed by atoms with van der Waals surface area (Å²) < 4.78 is 0. The molecule has 3 N–H and O–H groups in total. The Morgan fingerprint density at radius 2 is 2.07 bits per heavy atom. The third-order valence-electron chi connectivity index (χ3n) is 2.85. The number of pyridine rings is 1. The van der Waals surface area contributed by atoms with Crippen LogP contribution in [0.15, 0.2) is 24.5 Å². The second kappa shape index (κ2) is 6.53. The molecule has 84 valence electrons. The highest BCUT2D eigenvalue weighted by Gasteiger charge is 2.15. The third-order valence-corrected chi connectivity index (χ3v) is 2.85. The van der Waals surface area contributed by atoms with Gasteiger partial charge in [-0.05, 0) is 36.5 Å². The van der Waals surface area contributed by atoms with Gasteiger partial charge in [-0.25, -0.2) is 0 Å². The molecule has 1 rings (SSSR count). The fourth-order valence-electron chi connectivity index (χ4n) is 1.85. The Labute approximate surface area is 92.1 Å². The zero-order valence-corrected chi connectivity index (χ0v) is 9.61. The predicted octanol–water partition coefficient (Wildman–Crippen LogP) is 1.89. The average Bonchev–Trinajstić information content (AvgIpc) is 2.27. The van der Waals surface area contributed by atoms with E-state index in [2.05, 4.69) is 24.3 Å². The minimum absolute atomic E-state index is 0.354. The topological polar surface area (TPSA) is 50.9 Å². The summed E-state index contributed by atoms with van der Waals surface area (Å²) in [6.45, 7) is 4.45. The van der Waals surface area contributed by atoms with Crippen LogP contribution in [0.3, 0.4) is 0 Å². The lowest BCUT2D eigenvalue weighted by Gasteiger charge is -2.22. The Bertz CT molecular complexity index is 261. The molecule has 3 heteroatoms. The van der Waals surface area contributed by atoms with Gasteiger partial charge in [0, 0.05) is 18.4 Å². The SMILES string of the molecule is CCCC(C)C(Cc1ccncc1)NN. The molecular weight excluding hydrogens is 186 g/mol. The van der Waals surface area contributed by atoms with Gasteiger partial charge in [-0.2, -0.15) is 0 Å². The molecule has 1 aromatic rings. The molecule has 2 unspecified atom stereocenters. The number of aromatic nitrogens is 1. The lowest BCUT2D eigenvalue weighted by molar-refractivity contribution is 0.357. The van der Waals surface area contributed by atoms with Gasteiger partial charge in [0.25, 0.3) is 0 Å². The lowest BCUT2D eigenvalue weighted by Crippen LogP contribution is -2.41. The van der Waals surface area contributed by atoms with Crippen LogP contribution in [0, 0.1) is 5.92 Å². The molecule has 0 amide bonds. The monoisotopic (exact) mass is 207 g/mol. The first kappa shape index (κ1) is 12.1. The van der Waals surface area contributed by atoms with Crippen molar-refractivity contribution in [2.45, 2.75) is 39.2 Å². The zero-order valence-electron chi connectivity index (χ0n) is 9.61. The molecule has 0 aliphatic carbocycles. The Hall–Kier alpha value is -0.930. The van der Waals surface area contributed by atoms with Gasteiger partial charge in [-0.15, -0.1) is 0 Å². The summed E-state index contributed by atoms with van der Waals surface area (Å²) in [7, 11) is 0. The van der Waals surface area contributed by atoms with Gasteiger partial charge >= 0.3 is 0 Å². The Morgan fingerprint density at radius 3 is 2.60 bits per heavy atom. The summed E-state index contributed by atoms with van der Waals surface area (Å²) in [4.78, 5) is 4.01. The van der Waals surface area contributed by atoms with Crippen molar-refractivity contribution in [1.82, 2.24) is 10.4 Å². The zero-order chi connectivity index (χ0) is 11.1. The van der Waals surface area contributed by atoms with Crippen LogP contribution >= 0.6 is 0 Å². The van der Waals surface area contributed by atoms with E-state index in [1.807, 2.05) is 24.5 Å². The molecule has 2 atom stereocenters. The molecular formula is C12H21N3. The molecule has 0 aliphatic heterocycles. The van der Waals surface area contributed by atoms with Gasteiger partial charge in [0.2, 0.25) is 0 Å². The maximum atomic E-state index is 5.59. The molecule has 0 bridgehead atoms. The Morgan fingerprint density at radius 1 is 1.40 bits per heavy atom. The van der Waals surface area contributed by atoms with Gasteiger partial charge in [0.05, 0.1) is 0 Å². The van der Waals surface area contributed by atoms with Crippen LogP contribution in [-0.4, -0.2) is 11.0 Å². The second-order valence-corrected chi connectivity index (χ2v) is 4.10. The van der Waals surface area contributed by atoms with Crippen LogP contribution in [0.5, 0.6) is 0 Å². The molecule has 1 heterocycles. The van der Waals surface area contributed by atoms with E-state index in [0.717, 1.165) is 6.42 Å². The highest BCUT2D eigenvalue weighted by atomic mass is 15.2. The van der Waals surface area contributed by atoms with Crippen LogP contribution in [-0.2, 0) is 6.42 Å². The van der Waals surface area contributed by atoms with Crippen molar-refractivity contribution in [3.8, 4) is 0 Å². The average molecular weight is 207 g/mol. The number of hydrogen-bond acceptors (Lipinski definition) is 3. The van der Waals surface area contributed by atoms with E-state index < -0.39 is 0 Å². The number of nitrogens with zero attached hydrogens (tertiary/aromatic N) is 1. The first-order chi connectivity index (χ1) is 7.27. The molecule has 1 aromatic heterocycles. The number of rotatable bonds is 6. The molecule has 15 heavy (non-hydrogen) atoms. The summed E-state index contributed by atoms with van der Waals surface area (Å²) in [6, 6.07) is 4.44. The quantitative estimate of drug-likeness (QED) is 0.553. The number of hydrogen-bond donors (Lipinski definition) is 2. The molecule has 0 aliphatic rings. The third kappa shape index (κ3) is 3.98. The maximum Gasteiger partial charge on any atom is 0.0276 e. The van der Waals surface area contributed by atoms with Crippen LogP contribution in [0.25, 0.3) is 0 Å². The van der Waals surface area contributed by atoms with Crippen molar-refractivity contribution < 1.29 is 0 Å². The smallest absolute Gasteiger partial charge is 0.0276 e. The van der Waals surface area contributed by atoms with E-state index in [1.54, 1.807) is 0 Å². The summed E-state index contributed by atoms with van der Waals surface area (Å²) in [5, 5.41) is 0. The van der Waals surface area contributed by atoms with Crippen molar-refractivity contribution in [2.24, 2.45) is 11.8 Å². The molecule has 0 radical (unpaired) electrons. The number of nitrogens with one attached hydrogen (secondary N) is 1. The fraction of sp³-hybridized carbons (Fsp3) is 0.583. The predicted molar refractivity (Wildman–Crippen MR) is 63.1 cm³/mol. The van der Waals surface area contributed by atoms with Crippen molar-refractivity contribution >= 4 is 0 Å². The minimum atomic E-state index is 0.354. The molecule has 0 saturated carbocycles. The van der Waals surface area contributed by atoms with Crippen LogP contribution in [0.1, 0.15) is 32.3 Å². The maximum absolute atomic E-state index is 5.59. The lowest BCUT2D eigenvalue weighted by atomic mass is 9.92. The first-order valence-electron chi connectivity index (χ1n) is 5.63. The van der Waals surface area contributed by atoms with Crippen LogP contribution in [0.2, 0.25) is 0 Å². The summed E-state index contributed by atoms with van der Waals surface area (Å²) >= 11 is 0. The van der Waals surface area contributed by atoms with E-state index in [1.165, 1.54) is 18.4 Å². The molecule has 0 spiro atoms. The Kier molecular flexibility index (Phi) is 5.29. The van der Waals surface area contributed by atoms with E-state index >= 15 is 0 Å². The molecule has 0 aromatic carbocycles. The standard InChI is InChI=1S/C12H21N3/c1-3-4-10(2)12(15-13)9-11-5-7-14-8-6-11/h5-8,10,12,15H,3-4,9,13H2,1-2H3. The van der Waals surface area contributed by atoms with Gasteiger partial charge in [0.15, 0.2) is 0 Å². The van der Waals surface area contributed by atoms with Crippen molar-refractivity contribution in [3.05, 3.63) is 30.1 Å². The van der Waals surface area contributed by atoms with Crippen molar-refractivity contribution in [3.63, 3.8) is 0 Å². The van der Waals surface area contributed by atoms with Crippen LogP contribution < -0.4 is 11.3 Å². The number of hydrazine groups is 1. The van der Waals surface area contributed by atoms with Gasteiger partial charge in [0.1, 0.15) is 0 Å². The van der Waals surface area contributed by atoms with Crippen molar-refractivity contribution in [2.75, 3.05) is 0 Å². The fourth-order valence-corrected chi connectivity index (χ4v) is 1.85. The minimum Gasteiger partial charge on any atom is -0.271 e. The summed E-state index contributed by atoms with van der Waals surface area (Å²) in [5.41, 5.74) is 4.20. The summed E-state index contributed by atoms with van der Waals surface area (Å²) in [6.07, 6.45) is 7.04. The van der Waals surface area contributed by atoms with Gasteiger partial charge in [-0.3, -0.25) is 16.3 Å². The van der Waals surface area contributed by atoms with Crippen molar-refractivity contribution in [1.29, 1.82) is 0 Å². The van der Waals surface area contributed by atoms with E-state index in [4.69, 9.17) is 5.84 Å². The van der Waals surface area contributed by atoms with Gasteiger partial charge < -0.3 is 0 Å². The van der Waals surface area contributed by atoms with Gasteiger partial charge in [-0.1, -0.05) is 20.3 Å².